The van der Waals surface area contributed by atoms with Crippen molar-refractivity contribution in [2.24, 2.45) is 0 Å². The molecule has 0 spiro atoms. The van der Waals surface area contributed by atoms with E-state index in [9.17, 15) is 18.0 Å². The number of rotatable bonds is 9. The number of nitrogens with zero attached hydrogens (tertiary/aromatic N) is 1. The van der Waals surface area contributed by atoms with Gasteiger partial charge in [-0.1, -0.05) is 62.3 Å². The van der Waals surface area contributed by atoms with Gasteiger partial charge in [0.15, 0.2) is 0 Å². The van der Waals surface area contributed by atoms with Gasteiger partial charge in [-0.25, -0.2) is 0 Å². The summed E-state index contributed by atoms with van der Waals surface area (Å²) >= 11 is 0. The molecular weight excluding hydrogens is 351 g/mol. The Hall–Kier alpha value is -2.04. The standard InChI is InChI=1S/C22H28F3NO/c1-2-3-4-5-8-16-26-20(14-15-21(26)27)13-7-6-10-18-11-9-12-19(17-18)22(23,24)25/h5,7-9,11-13,17,20H,2-4,6,10,14-16H2,1H3/b8-5-,13-7+. The molecular formula is C22H28F3NO. The Balaban J connectivity index is 1.84. The van der Waals surface area contributed by atoms with Crippen molar-refractivity contribution in [1.82, 2.24) is 4.90 Å². The van der Waals surface area contributed by atoms with Gasteiger partial charge in [0, 0.05) is 13.0 Å². The molecule has 1 atom stereocenters. The fraction of sp³-hybridized carbons (Fsp3) is 0.500. The Morgan fingerprint density at radius 1 is 1.19 bits per heavy atom. The molecule has 2 nitrogen and oxygen atoms in total. The number of carbonyl (C=O) groups excluding carboxylic acids is 1. The summed E-state index contributed by atoms with van der Waals surface area (Å²) in [6.07, 6.45) is 9.82. The van der Waals surface area contributed by atoms with Crippen molar-refractivity contribution < 1.29 is 18.0 Å². The minimum atomic E-state index is -4.30. The van der Waals surface area contributed by atoms with Crippen LogP contribution in [0.4, 0.5) is 13.2 Å². The average molecular weight is 379 g/mol. The van der Waals surface area contributed by atoms with Crippen LogP contribution in [0.15, 0.2) is 48.6 Å². The summed E-state index contributed by atoms with van der Waals surface area (Å²) in [5.41, 5.74) is 0.0686. The molecule has 2 rings (SSSR count). The number of alkyl halides is 3. The smallest absolute Gasteiger partial charge is 0.333 e. The number of unbranched alkanes of at least 4 members (excludes halogenated alkanes) is 2. The monoisotopic (exact) mass is 379 g/mol. The molecule has 1 saturated heterocycles. The topological polar surface area (TPSA) is 20.3 Å². The molecule has 0 N–H and O–H groups in total. The highest BCUT2D eigenvalue weighted by Gasteiger charge is 2.30. The van der Waals surface area contributed by atoms with E-state index in [1.165, 1.54) is 12.1 Å². The third-order valence-corrected chi connectivity index (χ3v) is 4.78. The van der Waals surface area contributed by atoms with E-state index in [0.717, 1.165) is 31.7 Å². The molecule has 1 aromatic rings. The van der Waals surface area contributed by atoms with Crippen molar-refractivity contribution in [3.63, 3.8) is 0 Å². The second-order valence-electron chi connectivity index (χ2n) is 6.93. The van der Waals surface area contributed by atoms with E-state index >= 15 is 0 Å². The number of benzene rings is 1. The van der Waals surface area contributed by atoms with E-state index in [4.69, 9.17) is 0 Å². The SMILES string of the molecule is CCCC/C=C\CN1C(=O)CCC1/C=C/CCc1cccc(C(F)(F)F)c1. The number of hydrogen-bond acceptors (Lipinski definition) is 1. The molecule has 1 aliphatic rings. The van der Waals surface area contributed by atoms with Crippen molar-refractivity contribution in [2.75, 3.05) is 6.54 Å². The highest BCUT2D eigenvalue weighted by Crippen LogP contribution is 2.29. The number of aryl methyl sites for hydroxylation is 1. The molecule has 1 heterocycles. The van der Waals surface area contributed by atoms with Crippen molar-refractivity contribution in [3.8, 4) is 0 Å². The first-order valence-corrected chi connectivity index (χ1v) is 9.69. The molecule has 1 aromatic carbocycles. The largest absolute Gasteiger partial charge is 0.416 e. The van der Waals surface area contributed by atoms with Gasteiger partial charge in [-0.3, -0.25) is 4.79 Å². The molecule has 0 radical (unpaired) electrons. The Labute approximate surface area is 159 Å². The predicted octanol–water partition coefficient (Wildman–Crippen LogP) is 5.93. The van der Waals surface area contributed by atoms with Crippen LogP contribution in [0.25, 0.3) is 0 Å². The van der Waals surface area contributed by atoms with Crippen LogP contribution in [0.3, 0.4) is 0 Å². The second-order valence-corrected chi connectivity index (χ2v) is 6.93. The Bertz CT molecular complexity index is 664. The molecule has 27 heavy (non-hydrogen) atoms. The van der Waals surface area contributed by atoms with Crippen LogP contribution in [-0.4, -0.2) is 23.4 Å². The molecule has 0 aromatic heterocycles. The lowest BCUT2D eigenvalue weighted by Gasteiger charge is -2.20. The third kappa shape index (κ3) is 6.89. The average Bonchev–Trinajstić information content (AvgIpc) is 2.98. The van der Waals surface area contributed by atoms with Gasteiger partial charge in [0.05, 0.1) is 11.6 Å². The van der Waals surface area contributed by atoms with Crippen molar-refractivity contribution in [3.05, 3.63) is 59.7 Å². The van der Waals surface area contributed by atoms with Gasteiger partial charge in [0.1, 0.15) is 0 Å². The molecule has 5 heteroatoms. The van der Waals surface area contributed by atoms with E-state index in [1.54, 1.807) is 6.07 Å². The van der Waals surface area contributed by atoms with Crippen molar-refractivity contribution >= 4 is 5.91 Å². The molecule has 0 aliphatic carbocycles. The number of likely N-dealkylation sites (tertiary alicyclic amines) is 1. The summed E-state index contributed by atoms with van der Waals surface area (Å²) in [6, 6.07) is 5.56. The zero-order valence-corrected chi connectivity index (χ0v) is 15.8. The molecule has 1 amide bonds. The maximum atomic E-state index is 12.8. The van der Waals surface area contributed by atoms with Crippen LogP contribution >= 0.6 is 0 Å². The Kier molecular flexibility index (Phi) is 8.14. The minimum absolute atomic E-state index is 0.0924. The quantitative estimate of drug-likeness (QED) is 0.384. The van der Waals surface area contributed by atoms with Crippen molar-refractivity contribution in [2.45, 2.75) is 64.1 Å². The summed E-state index contributed by atoms with van der Waals surface area (Å²) < 4.78 is 38.3. The van der Waals surface area contributed by atoms with Gasteiger partial charge in [0.2, 0.25) is 5.91 Å². The number of hydrogen-bond donors (Lipinski definition) is 0. The maximum absolute atomic E-state index is 12.8. The Morgan fingerprint density at radius 3 is 2.74 bits per heavy atom. The first-order valence-electron chi connectivity index (χ1n) is 9.69. The number of allylic oxidation sites excluding steroid dienone is 2. The lowest BCUT2D eigenvalue weighted by atomic mass is 10.1. The fourth-order valence-electron chi connectivity index (χ4n) is 3.23. The van der Waals surface area contributed by atoms with Gasteiger partial charge >= 0.3 is 6.18 Å². The van der Waals surface area contributed by atoms with Crippen LogP contribution in [-0.2, 0) is 17.4 Å². The Morgan fingerprint density at radius 2 is 2.00 bits per heavy atom. The normalized spacial score (nSPS) is 18.3. The second kappa shape index (κ2) is 10.3. The van der Waals surface area contributed by atoms with Crippen LogP contribution in [0, 0.1) is 0 Å². The van der Waals surface area contributed by atoms with E-state index in [2.05, 4.69) is 19.1 Å². The minimum Gasteiger partial charge on any atom is -0.333 e. The fourth-order valence-corrected chi connectivity index (χ4v) is 3.23. The van der Waals surface area contributed by atoms with Gasteiger partial charge in [0.25, 0.3) is 0 Å². The maximum Gasteiger partial charge on any atom is 0.416 e. The molecule has 1 unspecified atom stereocenters. The molecule has 1 fully saturated rings. The number of amides is 1. The first kappa shape index (κ1) is 21.3. The summed E-state index contributed by atoms with van der Waals surface area (Å²) in [5.74, 6) is 0.169. The van der Waals surface area contributed by atoms with Gasteiger partial charge in [-0.15, -0.1) is 0 Å². The molecule has 148 valence electrons. The van der Waals surface area contributed by atoms with Crippen LogP contribution < -0.4 is 0 Å². The number of halogens is 3. The summed E-state index contributed by atoms with van der Waals surface area (Å²) in [4.78, 5) is 13.9. The highest BCUT2D eigenvalue weighted by atomic mass is 19.4. The van der Waals surface area contributed by atoms with Crippen molar-refractivity contribution in [1.29, 1.82) is 0 Å². The van der Waals surface area contributed by atoms with E-state index in [1.807, 2.05) is 17.1 Å². The predicted molar refractivity (Wildman–Crippen MR) is 102 cm³/mol. The van der Waals surface area contributed by atoms with Gasteiger partial charge in [-0.2, -0.15) is 13.2 Å². The zero-order chi connectivity index (χ0) is 19.7. The first-order chi connectivity index (χ1) is 12.9. The summed E-state index contributed by atoms with van der Waals surface area (Å²) in [7, 11) is 0. The third-order valence-electron chi connectivity index (χ3n) is 4.78. The van der Waals surface area contributed by atoms with Gasteiger partial charge in [-0.05, 0) is 37.3 Å². The summed E-state index contributed by atoms with van der Waals surface area (Å²) in [6.45, 7) is 2.78. The molecule has 1 aliphatic heterocycles. The number of carbonyl (C=O) groups is 1. The lowest BCUT2D eigenvalue weighted by Crippen LogP contribution is -2.31. The van der Waals surface area contributed by atoms with E-state index in [-0.39, 0.29) is 11.9 Å². The molecule has 0 bridgehead atoms. The van der Waals surface area contributed by atoms with Crippen LogP contribution in [0.5, 0.6) is 0 Å². The molecule has 0 saturated carbocycles. The van der Waals surface area contributed by atoms with Crippen LogP contribution in [0.1, 0.15) is 56.6 Å². The van der Waals surface area contributed by atoms with E-state index in [0.29, 0.717) is 31.4 Å². The summed E-state index contributed by atoms with van der Waals surface area (Å²) in [5, 5.41) is 0. The van der Waals surface area contributed by atoms with Gasteiger partial charge < -0.3 is 4.90 Å². The lowest BCUT2D eigenvalue weighted by molar-refractivity contribution is -0.137. The van der Waals surface area contributed by atoms with Crippen LogP contribution in [0.2, 0.25) is 0 Å². The highest BCUT2D eigenvalue weighted by molar-refractivity contribution is 5.79. The van der Waals surface area contributed by atoms with E-state index < -0.39 is 11.7 Å². The zero-order valence-electron chi connectivity index (χ0n) is 15.8.